The van der Waals surface area contributed by atoms with E-state index in [2.05, 4.69) is 34.3 Å². The van der Waals surface area contributed by atoms with Gasteiger partial charge in [0.25, 0.3) is 0 Å². The zero-order valence-corrected chi connectivity index (χ0v) is 23.8. The molecule has 1 spiro atoms. The van der Waals surface area contributed by atoms with E-state index in [9.17, 15) is 9.18 Å². The van der Waals surface area contributed by atoms with E-state index < -0.39 is 5.95 Å². The number of fused-ring (bicyclic) bond motifs is 1. The fourth-order valence-corrected chi connectivity index (χ4v) is 5.96. The molecule has 0 unspecified atom stereocenters. The summed E-state index contributed by atoms with van der Waals surface area (Å²) in [4.78, 5) is 25.7. The van der Waals surface area contributed by atoms with Gasteiger partial charge in [-0.3, -0.25) is 0 Å². The number of piperidine rings is 1. The lowest BCUT2D eigenvalue weighted by Crippen LogP contribution is -2.52. The van der Waals surface area contributed by atoms with Crippen molar-refractivity contribution in [1.82, 2.24) is 29.8 Å². The van der Waals surface area contributed by atoms with Crippen molar-refractivity contribution in [3.8, 4) is 5.75 Å². The van der Waals surface area contributed by atoms with Gasteiger partial charge in [0.1, 0.15) is 5.75 Å². The molecule has 5 heterocycles. The van der Waals surface area contributed by atoms with Crippen molar-refractivity contribution in [1.29, 1.82) is 0 Å². The molecule has 2 amide bonds. The summed E-state index contributed by atoms with van der Waals surface area (Å²) >= 11 is 0. The van der Waals surface area contributed by atoms with Crippen molar-refractivity contribution in [3.05, 3.63) is 83.3 Å². The summed E-state index contributed by atoms with van der Waals surface area (Å²) in [5, 5.41) is 7.95. The lowest BCUT2D eigenvalue weighted by molar-refractivity contribution is 0.217. The lowest BCUT2D eigenvalue weighted by atomic mass is 9.88. The topological polar surface area (TPSA) is 87.9 Å². The largest absolute Gasteiger partial charge is 0.491 e. The second-order valence-corrected chi connectivity index (χ2v) is 11.4. The zero-order valence-electron chi connectivity index (χ0n) is 23.8. The van der Waals surface area contributed by atoms with Crippen molar-refractivity contribution in [2.24, 2.45) is 0 Å². The number of hydrogen-bond acceptors (Lipinski definition) is 6. The molecule has 9 nitrogen and oxygen atoms in total. The monoisotopic (exact) mass is 557 g/mol. The number of carbonyl (C=O) groups is 1. The first-order valence-electron chi connectivity index (χ1n) is 14.3. The van der Waals surface area contributed by atoms with Crippen LogP contribution >= 0.6 is 0 Å². The summed E-state index contributed by atoms with van der Waals surface area (Å²) in [6, 6.07) is 15.5. The first-order valence-corrected chi connectivity index (χ1v) is 14.3. The molecule has 2 fully saturated rings. The number of aromatic nitrogens is 4. The van der Waals surface area contributed by atoms with Crippen LogP contribution in [0.15, 0.2) is 54.7 Å². The van der Waals surface area contributed by atoms with E-state index in [1.165, 1.54) is 11.6 Å². The fraction of sp³-hybridized carbons (Fsp3) is 0.419. The van der Waals surface area contributed by atoms with Crippen LogP contribution < -0.4 is 15.0 Å². The van der Waals surface area contributed by atoms with E-state index in [4.69, 9.17) is 14.8 Å². The molecule has 41 heavy (non-hydrogen) atoms. The standard InChI is InChI=1S/C31H36FN7O2/c1-21-17-25(41-19-22(2)24-7-5-4-6-8-24)18-39-29(21)34-28(36-39)11-14-38-20-31(35-30(38)40)12-15-37(16-13-31)26-9-10-27(32)33-23(26)3/h4-10,17-18,22H,11-16,19-20H2,1-3H3,(H,35,40)/t22-/m0/s1. The van der Waals surface area contributed by atoms with Gasteiger partial charge >= 0.3 is 6.03 Å². The highest BCUT2D eigenvalue weighted by molar-refractivity contribution is 5.78. The number of hydrogen-bond donors (Lipinski definition) is 1. The molecule has 6 rings (SSSR count). The van der Waals surface area contributed by atoms with Crippen LogP contribution in [0.5, 0.6) is 5.75 Å². The van der Waals surface area contributed by atoms with Gasteiger partial charge < -0.3 is 19.9 Å². The molecule has 3 aromatic heterocycles. The normalized spacial score (nSPS) is 17.3. The van der Waals surface area contributed by atoms with Gasteiger partial charge in [0.15, 0.2) is 11.5 Å². The molecule has 0 radical (unpaired) electrons. The molecule has 1 N–H and O–H groups in total. The van der Waals surface area contributed by atoms with Crippen molar-refractivity contribution in [2.45, 2.75) is 51.5 Å². The average molecular weight is 558 g/mol. The predicted octanol–water partition coefficient (Wildman–Crippen LogP) is 4.67. The number of nitrogens with zero attached hydrogens (tertiary/aromatic N) is 6. The SMILES string of the molecule is Cc1nc(F)ccc1N1CCC2(CC1)CN(CCc1nc3c(C)cc(OC[C@H](C)c4ccccc4)cn3n1)C(=O)N2. The van der Waals surface area contributed by atoms with E-state index in [0.29, 0.717) is 37.6 Å². The Hall–Kier alpha value is -4.21. The Kier molecular flexibility index (Phi) is 7.23. The number of rotatable bonds is 8. The van der Waals surface area contributed by atoms with Crippen LogP contribution in [0, 0.1) is 19.8 Å². The third kappa shape index (κ3) is 5.68. The maximum atomic E-state index is 13.4. The minimum absolute atomic E-state index is 0.0405. The van der Waals surface area contributed by atoms with E-state index in [-0.39, 0.29) is 17.5 Å². The van der Waals surface area contributed by atoms with Crippen molar-refractivity contribution < 1.29 is 13.9 Å². The average Bonchev–Trinajstić information content (AvgIpc) is 3.52. The number of ether oxygens (including phenoxy) is 1. The van der Waals surface area contributed by atoms with Gasteiger partial charge in [-0.1, -0.05) is 37.3 Å². The molecule has 1 atom stereocenters. The Morgan fingerprint density at radius 3 is 2.63 bits per heavy atom. The number of aryl methyl sites for hydroxylation is 2. The number of urea groups is 1. The number of nitrogens with one attached hydrogen (secondary N) is 1. The molecule has 4 aromatic rings. The maximum absolute atomic E-state index is 13.4. The van der Waals surface area contributed by atoms with Crippen molar-refractivity contribution in [3.63, 3.8) is 0 Å². The quantitative estimate of drug-likeness (QED) is 0.317. The van der Waals surface area contributed by atoms with Gasteiger partial charge in [-0.2, -0.15) is 9.49 Å². The molecule has 0 aliphatic carbocycles. The summed E-state index contributed by atoms with van der Waals surface area (Å²) < 4.78 is 21.3. The van der Waals surface area contributed by atoms with Gasteiger partial charge in [0, 0.05) is 38.5 Å². The minimum atomic E-state index is -0.462. The Morgan fingerprint density at radius 2 is 1.88 bits per heavy atom. The van der Waals surface area contributed by atoms with Gasteiger partial charge in [0.05, 0.1) is 29.7 Å². The molecular formula is C31H36FN7O2. The molecule has 10 heteroatoms. The fourth-order valence-electron chi connectivity index (χ4n) is 5.96. The lowest BCUT2D eigenvalue weighted by Gasteiger charge is -2.40. The molecule has 0 saturated carbocycles. The summed E-state index contributed by atoms with van der Waals surface area (Å²) in [6.07, 6.45) is 4.09. The van der Waals surface area contributed by atoms with Crippen LogP contribution in [-0.4, -0.2) is 68.8 Å². The number of carbonyl (C=O) groups excluding carboxylic acids is 1. The minimum Gasteiger partial charge on any atom is -0.491 e. The molecule has 0 bridgehead atoms. The molecule has 2 aliphatic rings. The number of amides is 2. The van der Waals surface area contributed by atoms with Gasteiger partial charge in [-0.05, 0) is 56.0 Å². The summed E-state index contributed by atoms with van der Waals surface area (Å²) in [7, 11) is 0. The predicted molar refractivity (Wildman–Crippen MR) is 155 cm³/mol. The molecule has 2 saturated heterocycles. The Bertz CT molecular complexity index is 1550. The highest BCUT2D eigenvalue weighted by atomic mass is 19.1. The molecular weight excluding hydrogens is 521 g/mol. The van der Waals surface area contributed by atoms with Gasteiger partial charge in [0.2, 0.25) is 5.95 Å². The third-order valence-electron chi connectivity index (χ3n) is 8.35. The Balaban J connectivity index is 1.05. The van der Waals surface area contributed by atoms with Crippen LogP contribution in [0.2, 0.25) is 0 Å². The Labute approximate surface area is 239 Å². The van der Waals surface area contributed by atoms with Gasteiger partial charge in [-0.15, -0.1) is 0 Å². The Morgan fingerprint density at radius 1 is 1.10 bits per heavy atom. The number of benzene rings is 1. The van der Waals surface area contributed by atoms with Crippen LogP contribution in [0.3, 0.4) is 0 Å². The van der Waals surface area contributed by atoms with Crippen LogP contribution in [0.1, 0.15) is 48.3 Å². The van der Waals surface area contributed by atoms with E-state index in [1.807, 2.05) is 49.2 Å². The highest BCUT2D eigenvalue weighted by Crippen LogP contribution is 2.31. The van der Waals surface area contributed by atoms with Gasteiger partial charge in [-0.25, -0.2) is 19.3 Å². The first kappa shape index (κ1) is 27.0. The van der Waals surface area contributed by atoms with E-state index in [0.717, 1.165) is 48.6 Å². The maximum Gasteiger partial charge on any atom is 0.317 e. The second kappa shape index (κ2) is 11.0. The summed E-state index contributed by atoms with van der Waals surface area (Å²) in [6.45, 7) is 9.33. The number of halogens is 1. The number of anilines is 1. The molecule has 1 aromatic carbocycles. The van der Waals surface area contributed by atoms with Crippen LogP contribution in [0.4, 0.5) is 14.9 Å². The third-order valence-corrected chi connectivity index (χ3v) is 8.35. The van der Waals surface area contributed by atoms with Crippen LogP contribution in [-0.2, 0) is 6.42 Å². The smallest absolute Gasteiger partial charge is 0.317 e. The van der Waals surface area contributed by atoms with E-state index >= 15 is 0 Å². The highest BCUT2D eigenvalue weighted by Gasteiger charge is 2.44. The molecule has 2 aliphatic heterocycles. The second-order valence-electron chi connectivity index (χ2n) is 11.4. The number of pyridine rings is 2. The van der Waals surface area contributed by atoms with Crippen molar-refractivity contribution in [2.75, 3.05) is 37.7 Å². The summed E-state index contributed by atoms with van der Waals surface area (Å²) in [5.41, 5.74) is 4.42. The zero-order chi connectivity index (χ0) is 28.6. The van der Waals surface area contributed by atoms with Crippen LogP contribution in [0.25, 0.3) is 5.65 Å². The first-order chi connectivity index (χ1) is 19.8. The summed E-state index contributed by atoms with van der Waals surface area (Å²) in [5.74, 6) is 1.26. The van der Waals surface area contributed by atoms with E-state index in [1.54, 1.807) is 10.6 Å². The molecule has 214 valence electrons. The van der Waals surface area contributed by atoms with Crippen molar-refractivity contribution >= 4 is 17.4 Å².